The molecule has 0 aromatic heterocycles. The zero-order valence-electron chi connectivity index (χ0n) is 10.4. The SMILES string of the molecule is CCC(CC)(CNC(=O)C(C)SC)C(=O)O. The zero-order chi connectivity index (χ0) is 12.8. The summed E-state index contributed by atoms with van der Waals surface area (Å²) in [6.07, 6.45) is 2.90. The molecule has 0 heterocycles. The van der Waals surface area contributed by atoms with Crippen molar-refractivity contribution in [2.24, 2.45) is 5.41 Å². The van der Waals surface area contributed by atoms with Gasteiger partial charge in [-0.2, -0.15) is 11.8 Å². The van der Waals surface area contributed by atoms with Crippen LogP contribution in [0.25, 0.3) is 0 Å². The fourth-order valence-electron chi connectivity index (χ4n) is 1.39. The van der Waals surface area contributed by atoms with Crippen molar-refractivity contribution in [3.63, 3.8) is 0 Å². The van der Waals surface area contributed by atoms with Crippen molar-refractivity contribution in [2.45, 2.75) is 38.9 Å². The molecule has 0 bridgehead atoms. The van der Waals surface area contributed by atoms with E-state index in [1.54, 1.807) is 6.92 Å². The van der Waals surface area contributed by atoms with E-state index < -0.39 is 11.4 Å². The van der Waals surface area contributed by atoms with Crippen molar-refractivity contribution in [1.29, 1.82) is 0 Å². The van der Waals surface area contributed by atoms with Crippen molar-refractivity contribution in [3.8, 4) is 0 Å². The first kappa shape index (κ1) is 15.3. The lowest BCUT2D eigenvalue weighted by Crippen LogP contribution is -2.44. The molecule has 0 aliphatic heterocycles. The van der Waals surface area contributed by atoms with Crippen molar-refractivity contribution in [2.75, 3.05) is 12.8 Å². The van der Waals surface area contributed by atoms with Gasteiger partial charge in [0.1, 0.15) is 0 Å². The number of carbonyl (C=O) groups is 2. The maximum absolute atomic E-state index is 11.6. The number of thioether (sulfide) groups is 1. The van der Waals surface area contributed by atoms with Gasteiger partial charge in [0.2, 0.25) is 5.91 Å². The van der Waals surface area contributed by atoms with Crippen LogP contribution in [0.4, 0.5) is 0 Å². The molecule has 5 heteroatoms. The van der Waals surface area contributed by atoms with Gasteiger partial charge < -0.3 is 10.4 Å². The van der Waals surface area contributed by atoms with E-state index in [-0.39, 0.29) is 17.7 Å². The minimum absolute atomic E-state index is 0.0972. The van der Waals surface area contributed by atoms with Crippen LogP contribution in [-0.2, 0) is 9.59 Å². The molecular weight excluding hydrogens is 226 g/mol. The molecule has 0 aliphatic carbocycles. The van der Waals surface area contributed by atoms with Gasteiger partial charge in [0.15, 0.2) is 0 Å². The fourth-order valence-corrected chi connectivity index (χ4v) is 1.68. The quantitative estimate of drug-likeness (QED) is 0.719. The van der Waals surface area contributed by atoms with Crippen molar-refractivity contribution in [3.05, 3.63) is 0 Å². The van der Waals surface area contributed by atoms with E-state index in [4.69, 9.17) is 0 Å². The third kappa shape index (κ3) is 3.70. The fraction of sp³-hybridized carbons (Fsp3) is 0.818. The van der Waals surface area contributed by atoms with E-state index in [0.29, 0.717) is 12.8 Å². The molecule has 0 rings (SSSR count). The maximum atomic E-state index is 11.6. The predicted octanol–water partition coefficient (Wildman–Crippen LogP) is 1.75. The van der Waals surface area contributed by atoms with Crippen LogP contribution in [0.1, 0.15) is 33.6 Å². The highest BCUT2D eigenvalue weighted by atomic mass is 32.2. The number of carboxylic acid groups (broad SMARTS) is 1. The molecule has 0 aliphatic rings. The summed E-state index contributed by atoms with van der Waals surface area (Å²) in [5, 5.41) is 11.8. The number of nitrogens with one attached hydrogen (secondary N) is 1. The Kier molecular flexibility index (Phi) is 6.48. The van der Waals surface area contributed by atoms with Gasteiger partial charge in [-0.1, -0.05) is 13.8 Å². The highest BCUT2D eigenvalue weighted by Crippen LogP contribution is 2.25. The van der Waals surface area contributed by atoms with Gasteiger partial charge in [-0.05, 0) is 26.0 Å². The second-order valence-corrected chi connectivity index (χ2v) is 5.07. The van der Waals surface area contributed by atoms with Crippen LogP contribution in [0.5, 0.6) is 0 Å². The summed E-state index contributed by atoms with van der Waals surface area (Å²) in [6.45, 7) is 5.68. The molecule has 1 amide bonds. The molecule has 16 heavy (non-hydrogen) atoms. The van der Waals surface area contributed by atoms with Crippen LogP contribution in [0, 0.1) is 5.41 Å². The van der Waals surface area contributed by atoms with Crippen LogP contribution in [0.2, 0.25) is 0 Å². The number of carbonyl (C=O) groups excluding carboxylic acids is 1. The summed E-state index contributed by atoms with van der Waals surface area (Å²) in [6, 6.07) is 0. The summed E-state index contributed by atoms with van der Waals surface area (Å²) in [7, 11) is 0. The molecule has 0 saturated carbocycles. The van der Waals surface area contributed by atoms with Gasteiger partial charge in [-0.15, -0.1) is 0 Å². The summed E-state index contributed by atoms with van der Waals surface area (Å²) < 4.78 is 0. The Bertz CT molecular complexity index is 252. The monoisotopic (exact) mass is 247 g/mol. The molecule has 0 spiro atoms. The highest BCUT2D eigenvalue weighted by Gasteiger charge is 2.35. The first-order valence-corrected chi connectivity index (χ1v) is 6.76. The number of carboxylic acids is 1. The Labute approximate surface area is 101 Å². The minimum Gasteiger partial charge on any atom is -0.481 e. The largest absolute Gasteiger partial charge is 0.481 e. The molecule has 0 aromatic carbocycles. The van der Waals surface area contributed by atoms with E-state index in [1.165, 1.54) is 11.8 Å². The molecule has 4 nitrogen and oxygen atoms in total. The third-order valence-electron chi connectivity index (χ3n) is 3.13. The van der Waals surface area contributed by atoms with Crippen LogP contribution in [-0.4, -0.2) is 35.0 Å². The minimum atomic E-state index is -0.838. The van der Waals surface area contributed by atoms with Crippen LogP contribution in [0.3, 0.4) is 0 Å². The summed E-state index contributed by atoms with van der Waals surface area (Å²) >= 11 is 1.45. The molecule has 2 N–H and O–H groups in total. The summed E-state index contributed by atoms with van der Waals surface area (Å²) in [4.78, 5) is 22.7. The molecule has 0 aromatic rings. The number of rotatable bonds is 7. The molecule has 94 valence electrons. The molecule has 1 unspecified atom stereocenters. The van der Waals surface area contributed by atoms with E-state index in [2.05, 4.69) is 5.32 Å². The second kappa shape index (κ2) is 6.78. The maximum Gasteiger partial charge on any atom is 0.311 e. The highest BCUT2D eigenvalue weighted by molar-refractivity contribution is 7.99. The summed E-state index contributed by atoms with van der Waals surface area (Å²) in [5.41, 5.74) is -0.826. The molecule has 1 atom stereocenters. The van der Waals surface area contributed by atoms with Crippen molar-refractivity contribution < 1.29 is 14.7 Å². The average molecular weight is 247 g/mol. The molecular formula is C11H21NO3S. The van der Waals surface area contributed by atoms with Crippen LogP contribution < -0.4 is 5.32 Å². The number of hydrogen-bond donors (Lipinski definition) is 2. The van der Waals surface area contributed by atoms with E-state index >= 15 is 0 Å². The molecule has 0 fully saturated rings. The van der Waals surface area contributed by atoms with E-state index in [0.717, 1.165) is 0 Å². The smallest absolute Gasteiger partial charge is 0.311 e. The van der Waals surface area contributed by atoms with Gasteiger partial charge in [0.25, 0.3) is 0 Å². The standard InChI is InChI=1S/C11H21NO3S/c1-5-11(6-2,10(14)15)7-12-9(13)8(3)16-4/h8H,5-7H2,1-4H3,(H,12,13)(H,14,15). The van der Waals surface area contributed by atoms with E-state index in [1.807, 2.05) is 20.1 Å². The summed E-state index contributed by atoms with van der Waals surface area (Å²) in [5.74, 6) is -0.936. The van der Waals surface area contributed by atoms with Gasteiger partial charge in [0, 0.05) is 6.54 Å². The Morgan fingerprint density at radius 2 is 1.88 bits per heavy atom. The average Bonchev–Trinajstić information content (AvgIpc) is 2.29. The van der Waals surface area contributed by atoms with Gasteiger partial charge >= 0.3 is 5.97 Å². The van der Waals surface area contributed by atoms with Crippen molar-refractivity contribution in [1.82, 2.24) is 5.32 Å². The van der Waals surface area contributed by atoms with E-state index in [9.17, 15) is 14.7 Å². The number of aliphatic carboxylic acids is 1. The lowest BCUT2D eigenvalue weighted by Gasteiger charge is -2.27. The second-order valence-electron chi connectivity index (χ2n) is 3.89. The van der Waals surface area contributed by atoms with Crippen molar-refractivity contribution >= 4 is 23.6 Å². The molecule has 0 saturated heterocycles. The first-order chi connectivity index (χ1) is 7.43. The Balaban J connectivity index is 4.44. The first-order valence-electron chi connectivity index (χ1n) is 5.47. The Hall–Kier alpha value is -0.710. The topological polar surface area (TPSA) is 66.4 Å². The van der Waals surface area contributed by atoms with Crippen LogP contribution >= 0.6 is 11.8 Å². The predicted molar refractivity (Wildman–Crippen MR) is 66.6 cm³/mol. The zero-order valence-corrected chi connectivity index (χ0v) is 11.2. The van der Waals surface area contributed by atoms with Gasteiger partial charge in [-0.3, -0.25) is 9.59 Å². The Morgan fingerprint density at radius 3 is 2.19 bits per heavy atom. The third-order valence-corrected chi connectivity index (χ3v) is 4.05. The lowest BCUT2D eigenvalue weighted by atomic mass is 9.82. The molecule has 0 radical (unpaired) electrons. The van der Waals surface area contributed by atoms with Gasteiger partial charge in [0.05, 0.1) is 10.7 Å². The lowest BCUT2D eigenvalue weighted by molar-refractivity contribution is -0.149. The van der Waals surface area contributed by atoms with Gasteiger partial charge in [-0.25, -0.2) is 0 Å². The number of hydrogen-bond acceptors (Lipinski definition) is 3. The van der Waals surface area contributed by atoms with Crippen LogP contribution in [0.15, 0.2) is 0 Å². The normalized spacial score (nSPS) is 13.2. The number of amides is 1. The Morgan fingerprint density at radius 1 is 1.38 bits per heavy atom.